The van der Waals surface area contributed by atoms with Gasteiger partial charge in [0.05, 0.1) is 0 Å². The van der Waals surface area contributed by atoms with Crippen LogP contribution in [0.25, 0.3) is 94.8 Å². The van der Waals surface area contributed by atoms with E-state index < -0.39 is 0 Å². The van der Waals surface area contributed by atoms with E-state index in [2.05, 4.69) is 164 Å². The molecular weight excluding hydrogens is 671 g/mol. The van der Waals surface area contributed by atoms with Gasteiger partial charge in [-0.25, -0.2) is 15.0 Å². The third-order valence-corrected chi connectivity index (χ3v) is 12.1. The fourth-order valence-corrected chi connectivity index (χ4v) is 9.47. The molecule has 0 N–H and O–H groups in total. The van der Waals surface area contributed by atoms with Crippen molar-refractivity contribution in [1.82, 2.24) is 15.0 Å². The number of fused-ring (bicyclic) bond motifs is 6. The molecule has 0 saturated heterocycles. The molecule has 0 atom stereocenters. The van der Waals surface area contributed by atoms with Gasteiger partial charge in [0.2, 0.25) is 0 Å². The Kier molecular flexibility index (Phi) is 7.67. The van der Waals surface area contributed by atoms with Gasteiger partial charge in [0.25, 0.3) is 0 Å². The summed E-state index contributed by atoms with van der Waals surface area (Å²) in [6, 6.07) is 41.1. The van der Waals surface area contributed by atoms with E-state index in [1.54, 1.807) is 0 Å². The summed E-state index contributed by atoms with van der Waals surface area (Å²) in [6.07, 6.45) is 19.6. The fraction of sp³-hybridized carbons (Fsp3) is 0.0426. The van der Waals surface area contributed by atoms with E-state index in [1.165, 1.54) is 52.2 Å². The molecule has 5 aromatic carbocycles. The molecule has 0 bridgehead atoms. The Bertz CT molecular complexity index is 2800. The van der Waals surface area contributed by atoms with Gasteiger partial charge >= 0.3 is 0 Å². The van der Waals surface area contributed by atoms with Crippen LogP contribution in [0.4, 0.5) is 0 Å². The summed E-state index contributed by atoms with van der Waals surface area (Å²) >= 11 is 3.66. The van der Waals surface area contributed by atoms with Crippen LogP contribution in [-0.4, -0.2) is 15.0 Å². The normalized spacial score (nSPS) is 13.3. The first-order valence-corrected chi connectivity index (χ1v) is 19.2. The lowest BCUT2D eigenvalue weighted by atomic mass is 9.98. The van der Waals surface area contributed by atoms with E-state index in [0.717, 1.165) is 40.7 Å². The molecular formula is C47H31N3S2. The van der Waals surface area contributed by atoms with E-state index >= 15 is 0 Å². The van der Waals surface area contributed by atoms with Crippen LogP contribution in [-0.2, 0) is 6.42 Å². The molecule has 0 fully saturated rings. The second-order valence-electron chi connectivity index (χ2n) is 13.1. The molecule has 52 heavy (non-hydrogen) atoms. The smallest absolute Gasteiger partial charge is 0.164 e. The highest BCUT2D eigenvalue weighted by Gasteiger charge is 2.18. The average molecular weight is 702 g/mol. The van der Waals surface area contributed by atoms with Gasteiger partial charge in [-0.15, -0.1) is 22.7 Å². The lowest BCUT2D eigenvalue weighted by Gasteiger charge is -2.11. The van der Waals surface area contributed by atoms with Crippen molar-refractivity contribution in [1.29, 1.82) is 0 Å². The van der Waals surface area contributed by atoms with Crippen LogP contribution in [0.1, 0.15) is 27.3 Å². The third-order valence-electron chi connectivity index (χ3n) is 9.80. The van der Waals surface area contributed by atoms with Crippen molar-refractivity contribution < 1.29 is 0 Å². The zero-order chi connectivity index (χ0) is 34.4. The van der Waals surface area contributed by atoms with Crippen molar-refractivity contribution in [2.45, 2.75) is 12.8 Å². The van der Waals surface area contributed by atoms with Gasteiger partial charge in [0.15, 0.2) is 17.5 Å². The maximum absolute atomic E-state index is 5.18. The summed E-state index contributed by atoms with van der Waals surface area (Å²) in [4.78, 5) is 18.1. The molecule has 2 aliphatic carbocycles. The van der Waals surface area contributed by atoms with Gasteiger partial charge in [-0.2, -0.15) is 0 Å². The van der Waals surface area contributed by atoms with Crippen LogP contribution in [0.15, 0.2) is 146 Å². The van der Waals surface area contributed by atoms with E-state index in [-0.39, 0.29) is 0 Å². The Morgan fingerprint density at radius 2 is 1.06 bits per heavy atom. The average Bonchev–Trinajstić information content (AvgIpc) is 3.49. The molecule has 3 nitrogen and oxygen atoms in total. The highest BCUT2D eigenvalue weighted by atomic mass is 32.1. The zero-order valence-electron chi connectivity index (χ0n) is 28.2. The Hall–Kier alpha value is -6.01. The lowest BCUT2D eigenvalue weighted by molar-refractivity contribution is 1.08. The summed E-state index contributed by atoms with van der Waals surface area (Å²) in [5.74, 6) is 1.99. The molecule has 5 heteroatoms. The summed E-state index contributed by atoms with van der Waals surface area (Å²) in [7, 11) is 0. The number of thiophene rings is 2. The maximum atomic E-state index is 5.18. The molecule has 3 aromatic heterocycles. The topological polar surface area (TPSA) is 38.7 Å². The van der Waals surface area contributed by atoms with Crippen molar-refractivity contribution >= 4 is 61.1 Å². The van der Waals surface area contributed by atoms with Crippen molar-refractivity contribution in [3.63, 3.8) is 0 Å². The van der Waals surface area contributed by atoms with Crippen molar-refractivity contribution in [3.8, 4) is 56.4 Å². The molecule has 3 heterocycles. The number of nitrogens with zero attached hydrogens (tertiary/aromatic N) is 3. The Morgan fingerprint density at radius 3 is 1.87 bits per heavy atom. The molecule has 246 valence electrons. The molecule has 0 radical (unpaired) electrons. The number of allylic oxidation sites excluding steroid dienone is 5. The summed E-state index contributed by atoms with van der Waals surface area (Å²) < 4.78 is 2.50. The quantitative estimate of drug-likeness (QED) is 0.179. The number of hydrogen-bond donors (Lipinski definition) is 0. The SMILES string of the molecule is C1=CCc2c(sc3cc(-c4nc(-c5cccc(-c6cccc(-c7ccccc7)c6)c5)nc(-c5ccc6sc7c(c6c5)C=CCC=C7)n4)ccc23)C=C1. The molecule has 0 unspecified atom stereocenters. The lowest BCUT2D eigenvalue weighted by Crippen LogP contribution is -2.00. The van der Waals surface area contributed by atoms with Gasteiger partial charge in [-0.05, 0) is 94.6 Å². The minimum absolute atomic E-state index is 0.656. The highest BCUT2D eigenvalue weighted by molar-refractivity contribution is 7.20. The summed E-state index contributed by atoms with van der Waals surface area (Å²) in [5.41, 5.74) is 10.2. The first-order valence-electron chi connectivity index (χ1n) is 17.5. The minimum atomic E-state index is 0.656. The molecule has 0 spiro atoms. The number of benzene rings is 5. The second-order valence-corrected chi connectivity index (χ2v) is 15.3. The molecule has 10 rings (SSSR count). The minimum Gasteiger partial charge on any atom is -0.208 e. The van der Waals surface area contributed by atoms with Crippen LogP contribution in [0.2, 0.25) is 0 Å². The second kappa shape index (κ2) is 13.0. The van der Waals surface area contributed by atoms with Crippen molar-refractivity contribution in [3.05, 3.63) is 167 Å². The van der Waals surface area contributed by atoms with Gasteiger partial charge < -0.3 is 0 Å². The largest absolute Gasteiger partial charge is 0.208 e. The first kappa shape index (κ1) is 30.8. The van der Waals surface area contributed by atoms with Gasteiger partial charge in [0, 0.05) is 46.8 Å². The molecule has 0 amide bonds. The van der Waals surface area contributed by atoms with Crippen molar-refractivity contribution in [2.24, 2.45) is 0 Å². The van der Waals surface area contributed by atoms with Crippen LogP contribution in [0.5, 0.6) is 0 Å². The van der Waals surface area contributed by atoms with Crippen LogP contribution in [0.3, 0.4) is 0 Å². The predicted octanol–water partition coefficient (Wildman–Crippen LogP) is 13.2. The van der Waals surface area contributed by atoms with Gasteiger partial charge in [-0.3, -0.25) is 0 Å². The molecule has 0 aliphatic heterocycles. The first-order chi connectivity index (χ1) is 25.7. The Morgan fingerprint density at radius 1 is 0.423 bits per heavy atom. The predicted molar refractivity (Wildman–Crippen MR) is 222 cm³/mol. The highest BCUT2D eigenvalue weighted by Crippen LogP contribution is 2.39. The monoisotopic (exact) mass is 701 g/mol. The Labute approximate surface area is 310 Å². The molecule has 2 aliphatic rings. The fourth-order valence-electron chi connectivity index (χ4n) is 7.18. The number of hydrogen-bond acceptors (Lipinski definition) is 5. The third kappa shape index (κ3) is 5.65. The Balaban J connectivity index is 1.12. The van der Waals surface area contributed by atoms with Gasteiger partial charge in [-0.1, -0.05) is 115 Å². The van der Waals surface area contributed by atoms with E-state index in [4.69, 9.17) is 15.0 Å². The maximum Gasteiger partial charge on any atom is 0.164 e. The van der Waals surface area contributed by atoms with Crippen LogP contribution in [0, 0.1) is 0 Å². The van der Waals surface area contributed by atoms with Crippen molar-refractivity contribution in [2.75, 3.05) is 0 Å². The number of rotatable bonds is 5. The van der Waals surface area contributed by atoms with Crippen LogP contribution < -0.4 is 0 Å². The zero-order valence-corrected chi connectivity index (χ0v) is 29.8. The summed E-state index contributed by atoms with van der Waals surface area (Å²) in [5, 5.41) is 2.53. The van der Waals surface area contributed by atoms with E-state index in [9.17, 15) is 0 Å². The van der Waals surface area contributed by atoms with E-state index in [1.807, 2.05) is 22.7 Å². The van der Waals surface area contributed by atoms with E-state index in [0.29, 0.717) is 17.5 Å². The molecule has 0 saturated carbocycles. The molecule has 8 aromatic rings. The standard InChI is InChI=1S/C47H31N3S2/c1-4-12-30(13-5-1)31-14-10-15-32(26-31)33-16-11-17-34(27-33)45-48-46(35-23-25-43-40(28-35)38-19-7-3-9-21-42(38)51-43)50-47(49-45)36-22-24-39-37-18-6-2-8-20-41(37)52-44(39)29-36/h1-2,4-17,19-29H,3,18H2. The van der Waals surface area contributed by atoms with Gasteiger partial charge in [0.1, 0.15) is 0 Å². The number of aromatic nitrogens is 3. The van der Waals surface area contributed by atoms with Crippen LogP contribution >= 0.6 is 22.7 Å². The summed E-state index contributed by atoms with van der Waals surface area (Å²) in [6.45, 7) is 0.